The summed E-state index contributed by atoms with van der Waals surface area (Å²) in [5, 5.41) is 5.23. The Hall–Kier alpha value is -2.62. The summed E-state index contributed by atoms with van der Waals surface area (Å²) in [7, 11) is 0. The fourth-order valence-electron chi connectivity index (χ4n) is 3.45. The van der Waals surface area contributed by atoms with Crippen LogP contribution in [-0.2, 0) is 9.59 Å². The van der Waals surface area contributed by atoms with Crippen LogP contribution in [0.15, 0.2) is 12.1 Å². The average molecular weight is 410 g/mol. The van der Waals surface area contributed by atoms with Gasteiger partial charge in [0.25, 0.3) is 5.91 Å². The van der Waals surface area contributed by atoms with E-state index in [1.54, 1.807) is 0 Å². The molecule has 0 atom stereocenters. The Bertz CT molecular complexity index is 940. The first-order valence-electron chi connectivity index (χ1n) is 8.99. The Morgan fingerprint density at radius 3 is 2.57 bits per heavy atom. The molecule has 150 valence electrons. The molecule has 2 aromatic rings. The molecule has 1 fully saturated rings. The van der Waals surface area contributed by atoms with E-state index in [9.17, 15) is 23.2 Å². The molecule has 28 heavy (non-hydrogen) atoms. The summed E-state index contributed by atoms with van der Waals surface area (Å²) in [5.41, 5.74) is -1.03. The number of hydrogen-bond donors (Lipinski definition) is 2. The average Bonchev–Trinajstić information content (AvgIpc) is 3.10. The number of thiazole rings is 1. The molecule has 10 heteroatoms. The summed E-state index contributed by atoms with van der Waals surface area (Å²) in [6.45, 7) is 3.36. The highest BCUT2D eigenvalue weighted by Crippen LogP contribution is 2.30. The number of anilines is 1. The van der Waals surface area contributed by atoms with Gasteiger partial charge in [0, 0.05) is 6.07 Å². The first kappa shape index (κ1) is 20.1. The lowest BCUT2D eigenvalue weighted by molar-refractivity contribution is -0.134. The standard InChI is InChI=1S/C18H20F2N4O3S/c1-3-5-18(6-4-2)15(26)24(17(27)23-18)9-13(25)21-16-22-14-11(20)7-10(19)8-12(14)28-16/h7-8H,3-6,9H2,1-2H3,(H,23,27)(H,21,22,25). The number of hydrogen-bond acceptors (Lipinski definition) is 5. The maximum atomic E-state index is 13.7. The van der Waals surface area contributed by atoms with Gasteiger partial charge in [0.1, 0.15) is 23.4 Å². The van der Waals surface area contributed by atoms with Crippen molar-refractivity contribution in [2.45, 2.75) is 45.1 Å². The second-order valence-corrected chi connectivity index (χ2v) is 7.74. The SMILES string of the molecule is CCCC1(CCC)NC(=O)N(CC(=O)Nc2nc3c(F)cc(F)cc3s2)C1=O. The van der Waals surface area contributed by atoms with Crippen molar-refractivity contribution in [3.63, 3.8) is 0 Å². The van der Waals surface area contributed by atoms with Gasteiger partial charge in [-0.15, -0.1) is 0 Å². The topological polar surface area (TPSA) is 91.4 Å². The fourth-order valence-corrected chi connectivity index (χ4v) is 4.37. The molecular formula is C18H20F2N4O3S. The van der Waals surface area contributed by atoms with Crippen molar-refractivity contribution in [1.29, 1.82) is 0 Å². The summed E-state index contributed by atoms with van der Waals surface area (Å²) in [5.74, 6) is -2.64. The Morgan fingerprint density at radius 1 is 1.25 bits per heavy atom. The molecule has 0 radical (unpaired) electrons. The van der Waals surface area contributed by atoms with Crippen LogP contribution in [0.4, 0.5) is 18.7 Å². The first-order chi connectivity index (χ1) is 13.3. The molecule has 2 N–H and O–H groups in total. The zero-order chi connectivity index (χ0) is 20.5. The van der Waals surface area contributed by atoms with Crippen LogP contribution in [0.1, 0.15) is 39.5 Å². The van der Waals surface area contributed by atoms with Crippen molar-refractivity contribution in [1.82, 2.24) is 15.2 Å². The van der Waals surface area contributed by atoms with E-state index in [0.29, 0.717) is 31.7 Å². The number of fused-ring (bicyclic) bond motifs is 1. The number of benzene rings is 1. The molecule has 0 spiro atoms. The van der Waals surface area contributed by atoms with Crippen LogP contribution >= 0.6 is 11.3 Å². The summed E-state index contributed by atoms with van der Waals surface area (Å²) < 4.78 is 27.3. The summed E-state index contributed by atoms with van der Waals surface area (Å²) in [4.78, 5) is 42.2. The second kappa shape index (κ2) is 7.78. The van der Waals surface area contributed by atoms with Crippen LogP contribution < -0.4 is 10.6 Å². The van der Waals surface area contributed by atoms with Gasteiger partial charge in [0.15, 0.2) is 10.9 Å². The van der Waals surface area contributed by atoms with Gasteiger partial charge in [-0.25, -0.2) is 18.6 Å². The molecule has 3 rings (SSSR count). The minimum atomic E-state index is -0.975. The molecule has 1 aromatic carbocycles. The molecule has 0 aliphatic carbocycles. The van der Waals surface area contributed by atoms with E-state index in [4.69, 9.17) is 0 Å². The Labute approximate surface area is 164 Å². The van der Waals surface area contributed by atoms with Crippen LogP contribution in [-0.4, -0.2) is 39.8 Å². The zero-order valence-corrected chi connectivity index (χ0v) is 16.3. The lowest BCUT2D eigenvalue weighted by atomic mass is 9.88. The molecule has 1 aliphatic rings. The third kappa shape index (κ3) is 3.68. The molecule has 0 unspecified atom stereocenters. The first-order valence-corrected chi connectivity index (χ1v) is 9.81. The third-order valence-electron chi connectivity index (χ3n) is 4.56. The van der Waals surface area contributed by atoms with Crippen molar-refractivity contribution in [3.8, 4) is 0 Å². The predicted octanol–water partition coefficient (Wildman–Crippen LogP) is 3.40. The lowest BCUT2D eigenvalue weighted by Gasteiger charge is -2.25. The maximum absolute atomic E-state index is 13.7. The van der Waals surface area contributed by atoms with Gasteiger partial charge >= 0.3 is 6.03 Å². The van der Waals surface area contributed by atoms with Gasteiger partial charge in [-0.1, -0.05) is 38.0 Å². The summed E-state index contributed by atoms with van der Waals surface area (Å²) in [6, 6.07) is 1.22. The highest BCUT2D eigenvalue weighted by molar-refractivity contribution is 7.22. The van der Waals surface area contributed by atoms with E-state index in [2.05, 4.69) is 15.6 Å². The molecule has 1 aromatic heterocycles. The Morgan fingerprint density at radius 2 is 1.93 bits per heavy atom. The Kier molecular flexibility index (Phi) is 5.59. The smallest absolute Gasteiger partial charge is 0.323 e. The number of rotatable bonds is 7. The number of halogens is 2. The number of amides is 4. The number of carbonyl (C=O) groups is 3. The van der Waals surface area contributed by atoms with Crippen molar-refractivity contribution in [3.05, 3.63) is 23.8 Å². The molecule has 1 aliphatic heterocycles. The lowest BCUT2D eigenvalue weighted by Crippen LogP contribution is -2.47. The van der Waals surface area contributed by atoms with Gasteiger partial charge in [0.05, 0.1) is 4.70 Å². The van der Waals surface area contributed by atoms with Crippen LogP contribution in [0.25, 0.3) is 10.2 Å². The Balaban J connectivity index is 1.73. The van der Waals surface area contributed by atoms with Gasteiger partial charge < -0.3 is 10.6 Å². The minimum absolute atomic E-state index is 0.0541. The van der Waals surface area contributed by atoms with E-state index in [0.717, 1.165) is 22.3 Å². The number of imide groups is 1. The van der Waals surface area contributed by atoms with E-state index >= 15 is 0 Å². The van der Waals surface area contributed by atoms with Crippen molar-refractivity contribution in [2.24, 2.45) is 0 Å². The van der Waals surface area contributed by atoms with E-state index in [-0.39, 0.29) is 15.3 Å². The molecule has 4 amide bonds. The maximum Gasteiger partial charge on any atom is 0.325 e. The largest absolute Gasteiger partial charge is 0.325 e. The molecule has 1 saturated heterocycles. The normalized spacial score (nSPS) is 15.9. The second-order valence-electron chi connectivity index (χ2n) is 6.71. The fraction of sp³-hybridized carbons (Fsp3) is 0.444. The molecule has 0 saturated carbocycles. The van der Waals surface area contributed by atoms with Gasteiger partial charge in [-0.05, 0) is 18.9 Å². The number of nitrogens with zero attached hydrogens (tertiary/aromatic N) is 2. The van der Waals surface area contributed by atoms with Gasteiger partial charge in [-0.3, -0.25) is 14.5 Å². The van der Waals surface area contributed by atoms with Crippen LogP contribution in [0, 0.1) is 11.6 Å². The molecule has 2 heterocycles. The van der Waals surface area contributed by atoms with E-state index < -0.39 is 41.6 Å². The van der Waals surface area contributed by atoms with E-state index in [1.807, 2.05) is 13.8 Å². The van der Waals surface area contributed by atoms with Gasteiger partial charge in [-0.2, -0.15) is 0 Å². The molecule has 0 bridgehead atoms. The van der Waals surface area contributed by atoms with Gasteiger partial charge in [0.2, 0.25) is 5.91 Å². The highest BCUT2D eigenvalue weighted by Gasteiger charge is 2.50. The minimum Gasteiger partial charge on any atom is -0.323 e. The predicted molar refractivity (Wildman–Crippen MR) is 101 cm³/mol. The van der Waals surface area contributed by atoms with Crippen molar-refractivity contribution >= 4 is 44.5 Å². The zero-order valence-electron chi connectivity index (χ0n) is 15.5. The van der Waals surface area contributed by atoms with Crippen molar-refractivity contribution in [2.75, 3.05) is 11.9 Å². The number of carbonyl (C=O) groups excluding carboxylic acids is 3. The number of nitrogens with one attached hydrogen (secondary N) is 2. The summed E-state index contributed by atoms with van der Waals surface area (Å²) in [6.07, 6.45) is 2.40. The number of urea groups is 1. The van der Waals surface area contributed by atoms with Crippen molar-refractivity contribution < 1.29 is 23.2 Å². The monoisotopic (exact) mass is 410 g/mol. The molecular weight excluding hydrogens is 390 g/mol. The van der Waals surface area contributed by atoms with Crippen LogP contribution in [0.5, 0.6) is 0 Å². The summed E-state index contributed by atoms with van der Waals surface area (Å²) >= 11 is 0.902. The molecule has 7 nitrogen and oxygen atoms in total. The highest BCUT2D eigenvalue weighted by atomic mass is 32.1. The third-order valence-corrected chi connectivity index (χ3v) is 5.48. The van der Waals surface area contributed by atoms with Crippen LogP contribution in [0.3, 0.4) is 0 Å². The van der Waals surface area contributed by atoms with E-state index in [1.165, 1.54) is 0 Å². The number of aromatic nitrogens is 1. The van der Waals surface area contributed by atoms with Crippen LogP contribution in [0.2, 0.25) is 0 Å². The quantitative estimate of drug-likeness (QED) is 0.685.